The van der Waals surface area contributed by atoms with Crippen LogP contribution in [0.4, 0.5) is 5.13 Å². The molecular weight excluding hydrogens is 256 g/mol. The Kier molecular flexibility index (Phi) is 3.55. The summed E-state index contributed by atoms with van der Waals surface area (Å²) >= 11 is 1.66. The average Bonchev–Trinajstić information content (AvgIpc) is 2.80. The number of nitrogens with two attached hydrogens (primary N) is 1. The van der Waals surface area contributed by atoms with Crippen LogP contribution in [0.3, 0.4) is 0 Å². The van der Waals surface area contributed by atoms with Crippen molar-refractivity contribution in [2.24, 2.45) is 5.73 Å². The molecule has 0 spiro atoms. The summed E-state index contributed by atoms with van der Waals surface area (Å²) in [4.78, 5) is 6.07. The van der Waals surface area contributed by atoms with E-state index in [0.29, 0.717) is 5.92 Å². The molecule has 1 atom stereocenters. The Morgan fingerprint density at radius 2 is 2.26 bits per heavy atom. The highest BCUT2D eigenvalue weighted by Gasteiger charge is 2.28. The number of rotatable bonds is 2. The highest BCUT2D eigenvalue weighted by atomic mass is 32.1. The summed E-state index contributed by atoms with van der Waals surface area (Å²) in [5.74, 6) is 0.488. The second kappa shape index (κ2) is 5.33. The van der Waals surface area contributed by atoms with Gasteiger partial charge in [0.25, 0.3) is 0 Å². The fourth-order valence-electron chi connectivity index (χ4n) is 3.13. The first-order valence-corrected chi connectivity index (χ1v) is 7.85. The standard InChI is InChI=1S/C14H20N4S/c15-13(16)18-14-17-12-10(7-4-8-11(12)19-14)9-5-2-1-3-6-9/h5,10H,1-4,6-8H2,(H4,15,16,17,18). The number of thiazole rings is 1. The maximum atomic E-state index is 7.31. The highest BCUT2D eigenvalue weighted by Crippen LogP contribution is 2.42. The molecule has 19 heavy (non-hydrogen) atoms. The lowest BCUT2D eigenvalue weighted by molar-refractivity contribution is 0.558. The topological polar surface area (TPSA) is 74.8 Å². The van der Waals surface area contributed by atoms with Crippen LogP contribution in [0.25, 0.3) is 0 Å². The van der Waals surface area contributed by atoms with Gasteiger partial charge in [0.15, 0.2) is 11.1 Å². The summed E-state index contributed by atoms with van der Waals surface area (Å²) < 4.78 is 0. The molecule has 5 heteroatoms. The minimum absolute atomic E-state index is 0.0282. The van der Waals surface area contributed by atoms with E-state index in [1.807, 2.05) is 0 Å². The molecule has 4 nitrogen and oxygen atoms in total. The molecule has 3 rings (SSSR count). The van der Waals surface area contributed by atoms with Gasteiger partial charge in [-0.05, 0) is 44.9 Å². The van der Waals surface area contributed by atoms with E-state index < -0.39 is 0 Å². The minimum Gasteiger partial charge on any atom is -0.370 e. The van der Waals surface area contributed by atoms with Gasteiger partial charge in [-0.15, -0.1) is 11.3 Å². The molecule has 0 radical (unpaired) electrons. The Hall–Kier alpha value is -1.36. The molecule has 102 valence electrons. The molecule has 0 aliphatic heterocycles. The van der Waals surface area contributed by atoms with Gasteiger partial charge in [-0.2, -0.15) is 0 Å². The average molecular weight is 276 g/mol. The van der Waals surface area contributed by atoms with Gasteiger partial charge in [0, 0.05) is 10.8 Å². The van der Waals surface area contributed by atoms with Crippen molar-refractivity contribution in [1.82, 2.24) is 4.98 Å². The number of anilines is 1. The second-order valence-corrected chi connectivity index (χ2v) is 6.42. The van der Waals surface area contributed by atoms with Crippen molar-refractivity contribution in [2.75, 3.05) is 5.32 Å². The Morgan fingerprint density at radius 3 is 3.00 bits per heavy atom. The number of nitrogens with one attached hydrogen (secondary N) is 2. The van der Waals surface area contributed by atoms with E-state index in [1.54, 1.807) is 16.9 Å². The number of aryl methyl sites for hydroxylation is 1. The summed E-state index contributed by atoms with van der Waals surface area (Å²) in [6.07, 6.45) is 11.1. The van der Waals surface area contributed by atoms with Crippen molar-refractivity contribution < 1.29 is 0 Å². The van der Waals surface area contributed by atoms with Crippen LogP contribution < -0.4 is 11.1 Å². The van der Waals surface area contributed by atoms with E-state index in [9.17, 15) is 0 Å². The third kappa shape index (κ3) is 2.66. The predicted molar refractivity (Wildman–Crippen MR) is 79.9 cm³/mol. The highest BCUT2D eigenvalue weighted by molar-refractivity contribution is 7.15. The number of fused-ring (bicyclic) bond motifs is 1. The third-order valence-corrected chi connectivity index (χ3v) is 5.02. The smallest absolute Gasteiger partial charge is 0.192 e. The number of guanidine groups is 1. The molecule has 0 bridgehead atoms. The SMILES string of the molecule is N=C(N)Nc1nc2c(s1)CCCC2C1=CCCCC1. The predicted octanol–water partition coefficient (Wildman–Crippen LogP) is 3.37. The van der Waals surface area contributed by atoms with Crippen LogP contribution in [0.1, 0.15) is 55.0 Å². The lowest BCUT2D eigenvalue weighted by Crippen LogP contribution is -2.20. The lowest BCUT2D eigenvalue weighted by Gasteiger charge is -2.26. The number of nitrogens with zero attached hydrogens (tertiary/aromatic N) is 1. The van der Waals surface area contributed by atoms with Crippen LogP contribution in [0, 0.1) is 5.41 Å². The van der Waals surface area contributed by atoms with Crippen molar-refractivity contribution in [3.63, 3.8) is 0 Å². The number of hydrogen-bond acceptors (Lipinski definition) is 3. The molecule has 0 fully saturated rings. The first kappa shape index (κ1) is 12.7. The molecule has 2 aliphatic rings. The van der Waals surface area contributed by atoms with Crippen LogP contribution in [0.2, 0.25) is 0 Å². The number of hydrogen-bond donors (Lipinski definition) is 3. The van der Waals surface area contributed by atoms with Gasteiger partial charge in [-0.25, -0.2) is 4.98 Å². The van der Waals surface area contributed by atoms with E-state index in [4.69, 9.17) is 16.1 Å². The van der Waals surface area contributed by atoms with Gasteiger partial charge in [-0.1, -0.05) is 11.6 Å². The van der Waals surface area contributed by atoms with Crippen LogP contribution in [0.15, 0.2) is 11.6 Å². The quantitative estimate of drug-likeness (QED) is 0.440. The van der Waals surface area contributed by atoms with Crippen LogP contribution in [0.5, 0.6) is 0 Å². The van der Waals surface area contributed by atoms with Crippen molar-refractivity contribution in [1.29, 1.82) is 5.41 Å². The third-order valence-electron chi connectivity index (χ3n) is 3.97. The maximum Gasteiger partial charge on any atom is 0.192 e. The summed E-state index contributed by atoms with van der Waals surface area (Å²) in [5, 5.41) is 10.9. The minimum atomic E-state index is -0.0282. The first-order chi connectivity index (χ1) is 9.24. The lowest BCUT2D eigenvalue weighted by atomic mass is 9.80. The molecule has 0 saturated heterocycles. The fourth-order valence-corrected chi connectivity index (χ4v) is 4.20. The Morgan fingerprint density at radius 1 is 1.37 bits per heavy atom. The molecule has 1 aromatic heterocycles. The molecule has 1 aromatic rings. The molecule has 0 saturated carbocycles. The van der Waals surface area contributed by atoms with Crippen LogP contribution in [-0.2, 0) is 6.42 Å². The zero-order valence-electron chi connectivity index (χ0n) is 11.0. The second-order valence-electron chi connectivity index (χ2n) is 5.34. The molecule has 2 aliphatic carbocycles. The first-order valence-electron chi connectivity index (χ1n) is 7.03. The summed E-state index contributed by atoms with van der Waals surface area (Å²) in [6, 6.07) is 0. The Labute approximate surface area is 117 Å². The molecule has 0 aromatic carbocycles. The van der Waals surface area contributed by atoms with Gasteiger partial charge in [-0.3, -0.25) is 5.41 Å². The molecule has 0 amide bonds. The Balaban J connectivity index is 1.88. The molecule has 4 N–H and O–H groups in total. The van der Waals surface area contributed by atoms with Gasteiger partial charge in [0.1, 0.15) is 0 Å². The van der Waals surface area contributed by atoms with E-state index in [0.717, 1.165) is 11.6 Å². The normalized spacial score (nSPS) is 22.5. The van der Waals surface area contributed by atoms with Gasteiger partial charge in [0.2, 0.25) is 0 Å². The van der Waals surface area contributed by atoms with Gasteiger partial charge in [0.05, 0.1) is 5.69 Å². The fraction of sp³-hybridized carbons (Fsp3) is 0.571. The van der Waals surface area contributed by atoms with E-state index in [1.165, 1.54) is 49.1 Å². The summed E-state index contributed by atoms with van der Waals surface area (Å²) in [6.45, 7) is 0. The Bertz CT molecular complexity index is 518. The largest absolute Gasteiger partial charge is 0.370 e. The van der Waals surface area contributed by atoms with Crippen molar-refractivity contribution in [3.8, 4) is 0 Å². The van der Waals surface area contributed by atoms with Crippen molar-refractivity contribution in [3.05, 3.63) is 22.2 Å². The van der Waals surface area contributed by atoms with E-state index in [2.05, 4.69) is 11.4 Å². The monoisotopic (exact) mass is 276 g/mol. The molecular formula is C14H20N4S. The summed E-state index contributed by atoms with van der Waals surface area (Å²) in [7, 11) is 0. The van der Waals surface area contributed by atoms with Crippen molar-refractivity contribution in [2.45, 2.75) is 50.9 Å². The summed E-state index contributed by atoms with van der Waals surface area (Å²) in [5.41, 5.74) is 8.22. The maximum absolute atomic E-state index is 7.31. The number of allylic oxidation sites excluding steroid dienone is 2. The van der Waals surface area contributed by atoms with Crippen LogP contribution >= 0.6 is 11.3 Å². The zero-order chi connectivity index (χ0) is 13.2. The molecule has 1 unspecified atom stereocenters. The van der Waals surface area contributed by atoms with Gasteiger partial charge >= 0.3 is 0 Å². The molecule has 1 heterocycles. The van der Waals surface area contributed by atoms with Gasteiger partial charge < -0.3 is 11.1 Å². The van der Waals surface area contributed by atoms with E-state index in [-0.39, 0.29) is 5.96 Å². The van der Waals surface area contributed by atoms with Crippen LogP contribution in [-0.4, -0.2) is 10.9 Å². The number of aromatic nitrogens is 1. The zero-order valence-corrected chi connectivity index (χ0v) is 11.9. The van der Waals surface area contributed by atoms with E-state index >= 15 is 0 Å². The van der Waals surface area contributed by atoms with Crippen molar-refractivity contribution >= 4 is 22.4 Å².